The largest absolute Gasteiger partial charge is 0.337 e. The van der Waals surface area contributed by atoms with E-state index >= 15 is 0 Å². The summed E-state index contributed by atoms with van der Waals surface area (Å²) >= 11 is 1.71. The number of nitrogens with zero attached hydrogens (tertiary/aromatic N) is 5. The van der Waals surface area contributed by atoms with Gasteiger partial charge >= 0.3 is 0 Å². The van der Waals surface area contributed by atoms with Crippen molar-refractivity contribution >= 4 is 17.2 Å². The van der Waals surface area contributed by atoms with Crippen molar-refractivity contribution in [3.05, 3.63) is 43.5 Å². The fourth-order valence-electron chi connectivity index (χ4n) is 5.78. The molecule has 4 aliphatic rings. The van der Waals surface area contributed by atoms with Gasteiger partial charge in [0, 0.05) is 48.5 Å². The zero-order valence-electron chi connectivity index (χ0n) is 18.1. The lowest BCUT2D eigenvalue weighted by Crippen LogP contribution is -2.44. The highest BCUT2D eigenvalue weighted by atomic mass is 32.1. The molecule has 0 N–H and O–H groups in total. The van der Waals surface area contributed by atoms with Gasteiger partial charge in [-0.05, 0) is 52.1 Å². The molecule has 1 saturated carbocycles. The van der Waals surface area contributed by atoms with Gasteiger partial charge in [-0.15, -0.1) is 11.3 Å². The number of aromatic nitrogens is 3. The standard InChI is InChI=1S/C23H29N5O2S/c1-15-24-17(14-31-15)12-26-9-5-23(6-10-26)7-11-28-19-4-8-27(21(30)16-2-3-16)13-18(19)20(29)25-22(23)28/h14,16H,2-13H2,1H3. The number of fused-ring (bicyclic) bond motifs is 4. The average molecular weight is 440 g/mol. The Balaban J connectivity index is 1.22. The van der Waals surface area contributed by atoms with Crippen LogP contribution in [0, 0.1) is 12.8 Å². The van der Waals surface area contributed by atoms with Crippen molar-refractivity contribution in [2.24, 2.45) is 5.92 Å². The molecule has 2 aromatic rings. The lowest BCUT2D eigenvalue weighted by Gasteiger charge is -2.38. The maximum atomic E-state index is 13.0. The molecule has 1 amide bonds. The average Bonchev–Trinajstić information content (AvgIpc) is 3.47. The highest BCUT2D eigenvalue weighted by molar-refractivity contribution is 7.09. The van der Waals surface area contributed by atoms with Gasteiger partial charge in [0.05, 0.1) is 22.8 Å². The molecule has 7 nitrogen and oxygen atoms in total. The predicted molar refractivity (Wildman–Crippen MR) is 118 cm³/mol. The van der Waals surface area contributed by atoms with Crippen molar-refractivity contribution in [3.63, 3.8) is 0 Å². The van der Waals surface area contributed by atoms with Crippen molar-refractivity contribution in [2.75, 3.05) is 19.6 Å². The molecule has 1 saturated heterocycles. The van der Waals surface area contributed by atoms with E-state index in [1.54, 1.807) is 11.3 Å². The Labute approximate surface area is 186 Å². The molecule has 0 bridgehead atoms. The van der Waals surface area contributed by atoms with Crippen LogP contribution in [0.5, 0.6) is 0 Å². The van der Waals surface area contributed by atoms with Crippen LogP contribution in [0.1, 0.15) is 59.9 Å². The summed E-state index contributed by atoms with van der Waals surface area (Å²) in [6, 6.07) is 0. The molecule has 8 heteroatoms. The van der Waals surface area contributed by atoms with Crippen molar-refractivity contribution in [1.82, 2.24) is 24.3 Å². The molecule has 2 aromatic heterocycles. The summed E-state index contributed by atoms with van der Waals surface area (Å²) in [5, 5.41) is 3.29. The molecule has 3 aliphatic heterocycles. The second-order valence-corrected chi connectivity index (χ2v) is 10.8. The molecule has 5 heterocycles. The van der Waals surface area contributed by atoms with Crippen LogP contribution >= 0.6 is 11.3 Å². The highest BCUT2D eigenvalue weighted by Gasteiger charge is 2.45. The van der Waals surface area contributed by atoms with Crippen LogP contribution in [0.4, 0.5) is 0 Å². The molecule has 0 aromatic carbocycles. The van der Waals surface area contributed by atoms with E-state index in [1.807, 2.05) is 4.90 Å². The van der Waals surface area contributed by atoms with E-state index < -0.39 is 0 Å². The normalized spacial score (nSPS) is 22.5. The molecule has 164 valence electrons. The lowest BCUT2D eigenvalue weighted by atomic mass is 9.76. The minimum atomic E-state index is -0.101. The van der Waals surface area contributed by atoms with Gasteiger partial charge in [0.25, 0.3) is 5.56 Å². The van der Waals surface area contributed by atoms with Crippen LogP contribution < -0.4 is 5.56 Å². The van der Waals surface area contributed by atoms with Gasteiger partial charge in [0.2, 0.25) is 5.91 Å². The number of hydrogen-bond acceptors (Lipinski definition) is 6. The summed E-state index contributed by atoms with van der Waals surface area (Å²) in [5.74, 6) is 1.45. The summed E-state index contributed by atoms with van der Waals surface area (Å²) in [5.41, 5.74) is 3.00. The summed E-state index contributed by atoms with van der Waals surface area (Å²) in [6.45, 7) is 7.15. The van der Waals surface area contributed by atoms with Gasteiger partial charge in [-0.2, -0.15) is 4.98 Å². The molecular weight excluding hydrogens is 410 g/mol. The Morgan fingerprint density at radius 1 is 1.16 bits per heavy atom. The molecule has 6 rings (SSSR count). The number of carbonyl (C=O) groups excluding carboxylic acids is 1. The zero-order valence-corrected chi connectivity index (χ0v) is 18.9. The van der Waals surface area contributed by atoms with Crippen molar-refractivity contribution in [2.45, 2.75) is 70.5 Å². The minimum Gasteiger partial charge on any atom is -0.337 e. The quantitative estimate of drug-likeness (QED) is 0.734. The smallest absolute Gasteiger partial charge is 0.278 e. The number of likely N-dealkylation sites (tertiary alicyclic amines) is 1. The van der Waals surface area contributed by atoms with Gasteiger partial charge < -0.3 is 9.47 Å². The lowest BCUT2D eigenvalue weighted by molar-refractivity contribution is -0.133. The van der Waals surface area contributed by atoms with E-state index in [2.05, 4.69) is 31.7 Å². The van der Waals surface area contributed by atoms with Crippen LogP contribution in [0.15, 0.2) is 10.2 Å². The van der Waals surface area contributed by atoms with Crippen molar-refractivity contribution in [1.29, 1.82) is 0 Å². The fraction of sp³-hybridized carbons (Fsp3) is 0.652. The maximum Gasteiger partial charge on any atom is 0.278 e. The van der Waals surface area contributed by atoms with Crippen LogP contribution in [0.3, 0.4) is 0 Å². The number of carbonyl (C=O) groups is 1. The first-order valence-electron chi connectivity index (χ1n) is 11.6. The molecule has 1 spiro atoms. The van der Waals surface area contributed by atoms with Gasteiger partial charge in [-0.3, -0.25) is 14.5 Å². The summed E-state index contributed by atoms with van der Waals surface area (Å²) < 4.78 is 2.34. The third kappa shape index (κ3) is 3.35. The summed E-state index contributed by atoms with van der Waals surface area (Å²) in [7, 11) is 0. The van der Waals surface area contributed by atoms with Crippen LogP contribution in [-0.2, 0) is 36.3 Å². The van der Waals surface area contributed by atoms with Gasteiger partial charge in [-0.25, -0.2) is 4.98 Å². The Hall–Kier alpha value is -2.06. The van der Waals surface area contributed by atoms with E-state index in [9.17, 15) is 9.59 Å². The second-order valence-electron chi connectivity index (χ2n) is 9.77. The van der Waals surface area contributed by atoms with E-state index in [1.165, 1.54) is 5.69 Å². The number of piperidine rings is 1. The first kappa shape index (κ1) is 19.6. The minimum absolute atomic E-state index is 0.0314. The maximum absolute atomic E-state index is 13.0. The predicted octanol–water partition coefficient (Wildman–Crippen LogP) is 2.24. The van der Waals surface area contributed by atoms with Crippen LogP contribution in [0.25, 0.3) is 0 Å². The second kappa shape index (κ2) is 7.24. The van der Waals surface area contributed by atoms with Gasteiger partial charge in [-0.1, -0.05) is 0 Å². The van der Waals surface area contributed by atoms with Crippen LogP contribution in [-0.4, -0.2) is 49.9 Å². The first-order valence-corrected chi connectivity index (χ1v) is 12.5. The number of aryl methyl sites for hydroxylation is 1. The molecule has 1 aliphatic carbocycles. The van der Waals surface area contributed by atoms with E-state index in [0.717, 1.165) is 93.3 Å². The van der Waals surface area contributed by atoms with Crippen molar-refractivity contribution in [3.8, 4) is 0 Å². The van der Waals surface area contributed by atoms with Gasteiger partial charge in [0.15, 0.2) is 0 Å². The summed E-state index contributed by atoms with van der Waals surface area (Å²) in [4.78, 5) is 39.2. The fourth-order valence-corrected chi connectivity index (χ4v) is 6.38. The third-order valence-electron chi connectivity index (χ3n) is 7.75. The number of hydrogen-bond donors (Lipinski definition) is 0. The van der Waals surface area contributed by atoms with E-state index in [0.29, 0.717) is 6.54 Å². The monoisotopic (exact) mass is 439 g/mol. The van der Waals surface area contributed by atoms with Crippen molar-refractivity contribution < 1.29 is 4.79 Å². The Morgan fingerprint density at radius 3 is 2.65 bits per heavy atom. The molecule has 0 atom stereocenters. The Morgan fingerprint density at radius 2 is 1.94 bits per heavy atom. The first-order chi connectivity index (χ1) is 15.0. The number of thiazole rings is 1. The Bertz CT molecular complexity index is 1090. The Kier molecular flexibility index (Phi) is 4.58. The van der Waals surface area contributed by atoms with E-state index in [-0.39, 0.29) is 22.8 Å². The van der Waals surface area contributed by atoms with E-state index in [4.69, 9.17) is 0 Å². The highest BCUT2D eigenvalue weighted by Crippen LogP contribution is 2.43. The molecule has 2 fully saturated rings. The molecular formula is C23H29N5O2S. The zero-order chi connectivity index (χ0) is 21.2. The SMILES string of the molecule is Cc1nc(CN2CCC3(CC2)CCn2c3nc(=O)c3c2CCN(C(=O)C2CC2)C3)cs1. The van der Waals surface area contributed by atoms with Crippen LogP contribution in [0.2, 0.25) is 0 Å². The summed E-state index contributed by atoms with van der Waals surface area (Å²) in [6.07, 6.45) is 5.96. The number of amides is 1. The third-order valence-corrected chi connectivity index (χ3v) is 8.58. The molecule has 0 unspecified atom stereocenters. The molecule has 31 heavy (non-hydrogen) atoms. The topological polar surface area (TPSA) is 71.3 Å². The number of rotatable bonds is 3. The van der Waals surface area contributed by atoms with Gasteiger partial charge in [0.1, 0.15) is 5.82 Å². The molecule has 0 radical (unpaired) electrons.